The lowest BCUT2D eigenvalue weighted by molar-refractivity contribution is -0.131. The van der Waals surface area contributed by atoms with Gasteiger partial charge >= 0.3 is 5.97 Å². The van der Waals surface area contributed by atoms with Gasteiger partial charge in [-0.25, -0.2) is 4.79 Å². The zero-order valence-electron chi connectivity index (χ0n) is 89.9. The van der Waals surface area contributed by atoms with Crippen LogP contribution in [0.3, 0.4) is 0 Å². The van der Waals surface area contributed by atoms with E-state index in [1.165, 1.54) is 514 Å². The maximum Gasteiger partial charge on any atom is 0.327 e. The Morgan fingerprint density at radius 3 is 0.158 bits per heavy atom. The van der Waals surface area contributed by atoms with Gasteiger partial charge in [0.15, 0.2) is 0 Å². The molecule has 0 radical (unpaired) electrons. The summed E-state index contributed by atoms with van der Waals surface area (Å²) in [7, 11) is 0. The molecule has 8 aliphatic carbocycles. The van der Waals surface area contributed by atoms with E-state index >= 15 is 0 Å². The fraction of sp³-hybridized carbons (Fsp3) is 0.973. The number of aliphatic hydroxyl groups is 24. The monoisotopic (exact) mass is 2010 g/mol. The molecular weight excluding hydrogens is 1770 g/mol. The molecule has 26 heteroatoms. The molecule has 0 saturated heterocycles. The fourth-order valence-electron chi connectivity index (χ4n) is 15.9. The molecule has 8 aliphatic rings. The second kappa shape index (κ2) is 123. The first kappa shape index (κ1) is 150. The predicted molar refractivity (Wildman–Crippen MR) is 572 cm³/mol. The number of rotatable bonds is 25. The summed E-state index contributed by atoms with van der Waals surface area (Å²) in [5.41, 5.74) is -6.67. The Morgan fingerprint density at radius 1 is 0.122 bits per heavy atom. The van der Waals surface area contributed by atoms with Gasteiger partial charge in [0.05, 0.1) is 191 Å². The summed E-state index contributed by atoms with van der Waals surface area (Å²) in [5, 5.41) is 212. The molecule has 139 heavy (non-hydrogen) atoms. The average Bonchev–Trinajstić information content (AvgIpc) is 0.940. The number of hydrogen-bond donors (Lipinski definition) is 25. The molecule has 0 spiro atoms. The summed E-state index contributed by atoms with van der Waals surface area (Å²) in [6.07, 6.45) is 121. The molecule has 0 aromatic heterocycles. The highest BCUT2D eigenvalue weighted by molar-refractivity contribution is 5.78. The molecule has 8 saturated carbocycles. The molecule has 0 bridgehead atoms. The van der Waals surface area contributed by atoms with Gasteiger partial charge in [-0.05, 0) is 0 Å². The molecular formula is C113H236O26. The number of carboxylic acid groups (broad SMARTS) is 1. The van der Waals surface area contributed by atoms with Crippen molar-refractivity contribution in [1.82, 2.24) is 0 Å². The van der Waals surface area contributed by atoms with E-state index < -0.39 is 197 Å². The number of carbonyl (C=O) groups is 1. The molecule has 25 N–H and O–H groups in total. The topological polar surface area (TPSA) is 523 Å². The van der Waals surface area contributed by atoms with Crippen LogP contribution in [0.2, 0.25) is 0 Å². The maximum absolute atomic E-state index is 9.25. The minimum Gasteiger partial charge on any atom is -0.478 e. The first-order chi connectivity index (χ1) is 67.7. The molecule has 0 aromatic carbocycles. The smallest absolute Gasteiger partial charge is 0.327 e. The van der Waals surface area contributed by atoms with Crippen LogP contribution in [0.5, 0.6) is 0 Å². The van der Waals surface area contributed by atoms with Crippen molar-refractivity contribution in [2.45, 2.75) is 514 Å². The first-order valence-corrected chi connectivity index (χ1v) is 57.2. The Morgan fingerprint density at radius 2 is 0.151 bits per heavy atom. The number of carboxylic acids is 1. The van der Waals surface area contributed by atoms with Crippen molar-refractivity contribution in [3.05, 3.63) is 12.7 Å². The zero-order valence-corrected chi connectivity index (χ0v) is 89.9. The van der Waals surface area contributed by atoms with Crippen LogP contribution in [0.15, 0.2) is 12.7 Å². The highest BCUT2D eigenvalue weighted by Crippen LogP contribution is 2.25. The van der Waals surface area contributed by atoms with E-state index in [2.05, 4.69) is 6.58 Å². The SMILES string of the molecule is C1CCCCCCCCC1.C1CCCCCCCCC1.C1CCCCCCCCC1.C1CCCCCCCCC1.C1CCCCCCCCC1.C1CCCCCCCCC1.C1CCCCCCCCC1.C1CCCCCCCCC1.C=CC(=O)O.OCC(CO)(CO)CO.OCC(CO)(CO)CO.OCC(CO)(CO)CO.OCC(CO)(CO)CO.OCC(CO)(CO)CO.OCC(CO)(CO)CO. The van der Waals surface area contributed by atoms with Crippen molar-refractivity contribution in [2.24, 2.45) is 32.5 Å². The van der Waals surface area contributed by atoms with E-state index in [0.29, 0.717) is 0 Å². The van der Waals surface area contributed by atoms with Crippen LogP contribution in [0, 0.1) is 32.5 Å². The van der Waals surface area contributed by atoms with Crippen molar-refractivity contribution < 1.29 is 132 Å². The Labute approximate surface area is 851 Å². The van der Waals surface area contributed by atoms with Crippen LogP contribution < -0.4 is 0 Å². The minimum atomic E-state index is -1.11. The Kier molecular flexibility index (Phi) is 133. The van der Waals surface area contributed by atoms with E-state index in [4.69, 9.17) is 128 Å². The second-order valence-corrected chi connectivity index (χ2v) is 41.6. The Bertz CT molecular complexity index is 1440. The summed E-state index contributed by atoms with van der Waals surface area (Å²) in [6.45, 7) is -6.79. The average molecular weight is 2010 g/mol. The molecule has 0 aliphatic heterocycles. The third kappa shape index (κ3) is 106. The van der Waals surface area contributed by atoms with Gasteiger partial charge in [-0.15, -0.1) is 0 Å². The molecule has 0 amide bonds. The molecule has 0 aromatic rings. The summed E-state index contributed by atoms with van der Waals surface area (Å²) in [6, 6.07) is 0. The van der Waals surface area contributed by atoms with E-state index in [1.54, 1.807) is 0 Å². The van der Waals surface area contributed by atoms with E-state index in [0.717, 1.165) is 6.08 Å². The van der Waals surface area contributed by atoms with Gasteiger partial charge in [0.2, 0.25) is 0 Å². The lowest BCUT2D eigenvalue weighted by Crippen LogP contribution is -2.37. The number of hydrogen-bond acceptors (Lipinski definition) is 25. The van der Waals surface area contributed by atoms with Crippen molar-refractivity contribution >= 4 is 5.97 Å². The van der Waals surface area contributed by atoms with Crippen molar-refractivity contribution in [1.29, 1.82) is 0 Å². The Hall–Kier alpha value is -1.75. The van der Waals surface area contributed by atoms with Crippen LogP contribution in [0.25, 0.3) is 0 Å². The predicted octanol–water partition coefficient (Wildman–Crippen LogP) is 19.1. The molecule has 26 nitrogen and oxygen atoms in total. The lowest BCUT2D eigenvalue weighted by atomic mass is 9.93. The highest BCUT2D eigenvalue weighted by atomic mass is 16.4. The summed E-state index contributed by atoms with van der Waals surface area (Å²) >= 11 is 0. The van der Waals surface area contributed by atoms with Crippen LogP contribution in [0.1, 0.15) is 514 Å². The van der Waals surface area contributed by atoms with Gasteiger partial charge in [0.1, 0.15) is 0 Å². The van der Waals surface area contributed by atoms with E-state index in [9.17, 15) is 4.79 Å². The van der Waals surface area contributed by atoms with Crippen molar-refractivity contribution in [3.8, 4) is 0 Å². The van der Waals surface area contributed by atoms with E-state index in [1.807, 2.05) is 0 Å². The molecule has 8 fully saturated rings. The quantitative estimate of drug-likeness (QED) is 0.0377. The number of aliphatic carboxylic acids is 1. The largest absolute Gasteiger partial charge is 0.478 e. The minimum absolute atomic E-state index is 0.406. The third-order valence-electron chi connectivity index (χ3n) is 28.2. The number of aliphatic hydroxyl groups excluding tert-OH is 24. The molecule has 0 atom stereocenters. The van der Waals surface area contributed by atoms with Gasteiger partial charge in [-0.3, -0.25) is 0 Å². The molecule has 8 rings (SSSR count). The standard InChI is InChI=1S/8C10H20.6C5H12O4.C3H4O2/c8*1-2-4-6-8-10-9-7-5-3-1;6*6-1-5(2-7,3-8)4-9;1-2-3(4)5/h8*1-10H2;6*6-9H,1-4H2;2H,1H2,(H,4,5). The molecule has 844 valence electrons. The van der Waals surface area contributed by atoms with Gasteiger partial charge in [0.25, 0.3) is 0 Å². The van der Waals surface area contributed by atoms with Gasteiger partial charge < -0.3 is 128 Å². The third-order valence-corrected chi connectivity index (χ3v) is 28.2. The lowest BCUT2D eigenvalue weighted by Gasteiger charge is -2.23. The summed E-state index contributed by atoms with van der Waals surface area (Å²) in [5.74, 6) is -0.981. The highest BCUT2D eigenvalue weighted by Gasteiger charge is 2.31. The van der Waals surface area contributed by atoms with Crippen LogP contribution in [-0.2, 0) is 4.79 Å². The van der Waals surface area contributed by atoms with Crippen LogP contribution in [-0.4, -0.2) is 292 Å². The van der Waals surface area contributed by atoms with Crippen molar-refractivity contribution in [2.75, 3.05) is 159 Å². The molecule has 0 heterocycles. The van der Waals surface area contributed by atoms with E-state index in [-0.39, 0.29) is 0 Å². The van der Waals surface area contributed by atoms with Gasteiger partial charge in [-0.2, -0.15) is 0 Å². The summed E-state index contributed by atoms with van der Waals surface area (Å²) in [4.78, 5) is 9.25. The first-order valence-electron chi connectivity index (χ1n) is 57.2. The van der Waals surface area contributed by atoms with Crippen LogP contribution >= 0.6 is 0 Å². The maximum atomic E-state index is 9.25. The fourth-order valence-corrected chi connectivity index (χ4v) is 15.9. The summed E-state index contributed by atoms with van der Waals surface area (Å²) < 4.78 is 0. The normalized spacial score (nSPS) is 18.7. The van der Waals surface area contributed by atoms with Gasteiger partial charge in [-0.1, -0.05) is 520 Å². The van der Waals surface area contributed by atoms with Gasteiger partial charge in [0, 0.05) is 6.08 Å². The Balaban J connectivity index is -0.000000269. The second-order valence-electron chi connectivity index (χ2n) is 41.6. The van der Waals surface area contributed by atoms with Crippen LogP contribution in [0.4, 0.5) is 0 Å². The molecule has 0 unspecified atom stereocenters. The zero-order chi connectivity index (χ0) is 105. The van der Waals surface area contributed by atoms with Crippen molar-refractivity contribution in [3.63, 3.8) is 0 Å².